The van der Waals surface area contributed by atoms with Gasteiger partial charge in [-0.15, -0.1) is 0 Å². The number of aliphatic carboxylic acids is 1. The molecule has 0 saturated heterocycles. The maximum absolute atomic E-state index is 14.1. The molecule has 1 amide bonds. The summed E-state index contributed by atoms with van der Waals surface area (Å²) in [7, 11) is 0. The van der Waals surface area contributed by atoms with Crippen LogP contribution in [-0.2, 0) is 33.9 Å². The monoisotopic (exact) mass is 529 g/mol. The van der Waals surface area contributed by atoms with Gasteiger partial charge < -0.3 is 24.6 Å². The zero-order valence-electron chi connectivity index (χ0n) is 22.2. The SMILES string of the molecule is Cc1ccc2c(c1OCc1ccccc1)C[C@@H](C(=O)O)N(C(=O)[C@@H](O[C@H]1CC[C@@H](O)CC1)c1ccccc1)C2. The van der Waals surface area contributed by atoms with Crippen LogP contribution in [0.5, 0.6) is 5.75 Å². The van der Waals surface area contributed by atoms with E-state index in [9.17, 15) is 19.8 Å². The number of carboxylic acid groups (broad SMARTS) is 1. The number of hydrogen-bond donors (Lipinski definition) is 2. The van der Waals surface area contributed by atoms with Gasteiger partial charge in [-0.05, 0) is 54.9 Å². The lowest BCUT2D eigenvalue weighted by molar-refractivity contribution is -0.161. The lowest BCUT2D eigenvalue weighted by Gasteiger charge is -2.38. The van der Waals surface area contributed by atoms with Gasteiger partial charge in [0, 0.05) is 18.5 Å². The maximum atomic E-state index is 14.1. The molecule has 0 spiro atoms. The molecule has 7 heteroatoms. The van der Waals surface area contributed by atoms with Crippen molar-refractivity contribution in [2.24, 2.45) is 0 Å². The second-order valence-corrected chi connectivity index (χ2v) is 10.5. The summed E-state index contributed by atoms with van der Waals surface area (Å²) in [6.45, 7) is 2.48. The number of aliphatic hydroxyl groups is 1. The Labute approximate surface area is 229 Å². The van der Waals surface area contributed by atoms with Crippen LogP contribution in [0.2, 0.25) is 0 Å². The van der Waals surface area contributed by atoms with Gasteiger partial charge in [-0.1, -0.05) is 72.8 Å². The molecular formula is C32H35NO6. The van der Waals surface area contributed by atoms with Crippen LogP contribution in [0.1, 0.15) is 59.6 Å². The summed E-state index contributed by atoms with van der Waals surface area (Å²) in [6.07, 6.45) is 1.28. The van der Waals surface area contributed by atoms with Gasteiger partial charge in [-0.25, -0.2) is 4.79 Å². The first-order valence-corrected chi connectivity index (χ1v) is 13.6. The van der Waals surface area contributed by atoms with Gasteiger partial charge in [-0.2, -0.15) is 0 Å². The van der Waals surface area contributed by atoms with Gasteiger partial charge >= 0.3 is 5.97 Å². The summed E-state index contributed by atoms with van der Waals surface area (Å²) in [5.41, 5.74) is 4.36. The molecule has 1 saturated carbocycles. The fourth-order valence-electron chi connectivity index (χ4n) is 5.57. The Morgan fingerprint density at radius 2 is 1.62 bits per heavy atom. The minimum Gasteiger partial charge on any atom is -0.488 e. The number of aryl methyl sites for hydroxylation is 1. The van der Waals surface area contributed by atoms with Crippen LogP contribution in [0.15, 0.2) is 72.8 Å². The molecule has 1 aliphatic heterocycles. The summed E-state index contributed by atoms with van der Waals surface area (Å²) >= 11 is 0. The summed E-state index contributed by atoms with van der Waals surface area (Å²) in [5.74, 6) is -0.735. The quantitative estimate of drug-likeness (QED) is 0.428. The molecule has 39 heavy (non-hydrogen) atoms. The second kappa shape index (κ2) is 12.0. The van der Waals surface area contributed by atoms with E-state index in [4.69, 9.17) is 9.47 Å². The number of nitrogens with zero attached hydrogens (tertiary/aromatic N) is 1. The molecule has 0 radical (unpaired) electrons. The standard InChI is InChI=1S/C32H35NO6/c1-21-12-13-24-19-33(28(32(36)37)18-27(24)29(21)38-20-22-8-4-2-5-9-22)31(35)30(23-10-6-3-7-11-23)39-26-16-14-25(34)15-17-26/h2-13,25-26,28,30,34H,14-20H2,1H3,(H,36,37)/t25-,26+,28-,30-/m0/s1. The van der Waals surface area contributed by atoms with E-state index in [0.717, 1.165) is 22.3 Å². The molecule has 0 aromatic heterocycles. The predicted octanol–water partition coefficient (Wildman–Crippen LogP) is 4.97. The normalized spacial score (nSPS) is 21.6. The highest BCUT2D eigenvalue weighted by atomic mass is 16.5. The first-order chi connectivity index (χ1) is 18.9. The van der Waals surface area contributed by atoms with E-state index in [1.54, 1.807) is 0 Å². The van der Waals surface area contributed by atoms with Crippen molar-refractivity contribution >= 4 is 11.9 Å². The molecule has 0 bridgehead atoms. The number of ether oxygens (including phenoxy) is 2. The molecule has 1 fully saturated rings. The van der Waals surface area contributed by atoms with Gasteiger partial charge in [0.05, 0.1) is 12.2 Å². The van der Waals surface area contributed by atoms with Gasteiger partial charge in [-0.3, -0.25) is 4.79 Å². The summed E-state index contributed by atoms with van der Waals surface area (Å²) in [6, 6.07) is 22.0. The average molecular weight is 530 g/mol. The Balaban J connectivity index is 1.43. The van der Waals surface area contributed by atoms with E-state index in [2.05, 4.69) is 0 Å². The Hall–Kier alpha value is -3.68. The van der Waals surface area contributed by atoms with Crippen molar-refractivity contribution < 1.29 is 29.3 Å². The number of aliphatic hydroxyl groups excluding tert-OH is 1. The van der Waals surface area contributed by atoms with Crippen LogP contribution in [0.3, 0.4) is 0 Å². The molecule has 204 valence electrons. The molecule has 1 heterocycles. The third-order valence-electron chi connectivity index (χ3n) is 7.76. The van der Waals surface area contributed by atoms with Gasteiger partial charge in [0.25, 0.3) is 5.91 Å². The average Bonchev–Trinajstić information content (AvgIpc) is 2.96. The van der Waals surface area contributed by atoms with Gasteiger partial charge in [0.15, 0.2) is 6.10 Å². The third-order valence-corrected chi connectivity index (χ3v) is 7.76. The second-order valence-electron chi connectivity index (χ2n) is 10.5. The number of hydrogen-bond acceptors (Lipinski definition) is 5. The Bertz CT molecular complexity index is 1290. The van der Waals surface area contributed by atoms with Crippen molar-refractivity contribution in [1.29, 1.82) is 0 Å². The first kappa shape index (κ1) is 26.9. The molecule has 2 aliphatic rings. The number of amides is 1. The molecule has 7 nitrogen and oxygen atoms in total. The minimum absolute atomic E-state index is 0.152. The number of fused-ring (bicyclic) bond motifs is 1. The third kappa shape index (κ3) is 6.15. The zero-order valence-corrected chi connectivity index (χ0v) is 22.2. The molecule has 1 aliphatic carbocycles. The zero-order chi connectivity index (χ0) is 27.4. The van der Waals surface area contributed by atoms with Crippen LogP contribution < -0.4 is 4.74 Å². The van der Waals surface area contributed by atoms with Crippen molar-refractivity contribution in [2.45, 2.75) is 76.5 Å². The van der Waals surface area contributed by atoms with Crippen molar-refractivity contribution in [3.8, 4) is 5.75 Å². The predicted molar refractivity (Wildman–Crippen MR) is 146 cm³/mol. The molecule has 3 aromatic carbocycles. The van der Waals surface area contributed by atoms with Crippen LogP contribution >= 0.6 is 0 Å². The van der Waals surface area contributed by atoms with Crippen LogP contribution in [0.4, 0.5) is 0 Å². The van der Waals surface area contributed by atoms with Crippen molar-refractivity contribution in [3.63, 3.8) is 0 Å². The van der Waals surface area contributed by atoms with E-state index >= 15 is 0 Å². The largest absolute Gasteiger partial charge is 0.488 e. The molecule has 5 rings (SSSR count). The molecule has 2 atom stereocenters. The maximum Gasteiger partial charge on any atom is 0.326 e. The van der Waals surface area contributed by atoms with Crippen molar-refractivity contribution in [1.82, 2.24) is 4.90 Å². The molecular weight excluding hydrogens is 494 g/mol. The lowest BCUT2D eigenvalue weighted by atomic mass is 9.90. The molecule has 2 N–H and O–H groups in total. The summed E-state index contributed by atoms with van der Waals surface area (Å²) < 4.78 is 12.6. The summed E-state index contributed by atoms with van der Waals surface area (Å²) in [5, 5.41) is 20.2. The van der Waals surface area contributed by atoms with Crippen LogP contribution in [0, 0.1) is 6.92 Å². The van der Waals surface area contributed by atoms with Crippen molar-refractivity contribution in [2.75, 3.05) is 0 Å². The highest BCUT2D eigenvalue weighted by Crippen LogP contribution is 2.37. The van der Waals surface area contributed by atoms with Gasteiger partial charge in [0.1, 0.15) is 18.4 Å². The fourth-order valence-corrected chi connectivity index (χ4v) is 5.57. The number of benzene rings is 3. The van der Waals surface area contributed by atoms with E-state index in [1.165, 1.54) is 4.90 Å². The van der Waals surface area contributed by atoms with E-state index in [0.29, 0.717) is 43.6 Å². The lowest BCUT2D eigenvalue weighted by Crippen LogP contribution is -2.51. The van der Waals surface area contributed by atoms with Gasteiger partial charge in [0.2, 0.25) is 0 Å². The smallest absolute Gasteiger partial charge is 0.326 e. The number of carboxylic acids is 1. The van der Waals surface area contributed by atoms with E-state index in [-0.39, 0.29) is 31.1 Å². The Morgan fingerprint density at radius 1 is 0.949 bits per heavy atom. The van der Waals surface area contributed by atoms with E-state index in [1.807, 2.05) is 79.7 Å². The Morgan fingerprint density at radius 3 is 2.28 bits per heavy atom. The topological polar surface area (TPSA) is 96.3 Å². The highest BCUT2D eigenvalue weighted by molar-refractivity contribution is 5.88. The summed E-state index contributed by atoms with van der Waals surface area (Å²) in [4.78, 5) is 28.1. The molecule has 0 unspecified atom stereocenters. The van der Waals surface area contributed by atoms with Crippen LogP contribution in [-0.4, -0.2) is 45.2 Å². The first-order valence-electron chi connectivity index (χ1n) is 13.6. The fraction of sp³-hybridized carbons (Fsp3) is 0.375. The van der Waals surface area contributed by atoms with E-state index < -0.39 is 18.1 Å². The number of carbonyl (C=O) groups excluding carboxylic acids is 1. The molecule has 3 aromatic rings. The number of rotatable bonds is 8. The number of carbonyl (C=O) groups is 2. The Kier molecular flexibility index (Phi) is 8.29. The highest BCUT2D eigenvalue weighted by Gasteiger charge is 2.40. The van der Waals surface area contributed by atoms with Crippen molar-refractivity contribution in [3.05, 3.63) is 101 Å². The van der Waals surface area contributed by atoms with Crippen LogP contribution in [0.25, 0.3) is 0 Å². The minimum atomic E-state index is -1.06.